The Bertz CT molecular complexity index is 815. The Hall–Kier alpha value is -2.78. The van der Waals surface area contributed by atoms with E-state index in [1.54, 1.807) is 15.9 Å². The Balaban J connectivity index is 1.45. The monoisotopic (exact) mass is 506 g/mol. The first kappa shape index (κ1) is 27.8. The maximum atomic E-state index is 12.4. The number of piperidine rings is 2. The van der Waals surface area contributed by atoms with Crippen LogP contribution in [-0.2, 0) is 9.47 Å². The van der Waals surface area contributed by atoms with Gasteiger partial charge < -0.3 is 28.7 Å². The highest BCUT2D eigenvalue weighted by atomic mass is 16.6. The smallest absolute Gasteiger partial charge is 0.410 e. The molecule has 2 aliphatic rings. The maximum Gasteiger partial charge on any atom is 0.410 e. The van der Waals surface area contributed by atoms with Gasteiger partial charge in [0.25, 0.3) is 0 Å². The predicted molar refractivity (Wildman–Crippen MR) is 134 cm³/mol. The molecule has 2 amide bonds. The first-order valence-corrected chi connectivity index (χ1v) is 12.9. The van der Waals surface area contributed by atoms with E-state index >= 15 is 0 Å². The number of hydrogen-bond donors (Lipinski definition) is 0. The number of rotatable bonds is 6. The molecule has 0 spiro atoms. The van der Waals surface area contributed by atoms with Crippen LogP contribution < -0.4 is 9.47 Å². The number of amides is 2. The number of carbonyl (C=O) groups excluding carboxylic acids is 2. The minimum atomic E-state index is -0.510. The molecular weight excluding hydrogens is 464 g/mol. The first-order valence-electron chi connectivity index (χ1n) is 12.9. The van der Waals surface area contributed by atoms with Gasteiger partial charge in [-0.1, -0.05) is 0 Å². The molecule has 2 fully saturated rings. The lowest BCUT2D eigenvalue weighted by molar-refractivity contribution is 0.0130. The molecule has 0 bridgehead atoms. The Labute approximate surface area is 214 Å². The standard InChI is InChI=1S/C26H42N4O6/c1-25(2,3)35-23(31)29-11-7-9-19(14-29)16-33-21-13-22(28-18-27-21)34-17-20-10-8-12-30(15-20)24(32)36-26(4,5)6/h13,18-20H,7-12,14-17H2,1-6H3/t19-,20-/m0/s1. The van der Waals surface area contributed by atoms with Gasteiger partial charge in [0, 0.05) is 38.0 Å². The van der Waals surface area contributed by atoms with E-state index in [4.69, 9.17) is 18.9 Å². The van der Waals surface area contributed by atoms with Crippen molar-refractivity contribution in [3.05, 3.63) is 12.4 Å². The molecule has 0 aliphatic carbocycles. The van der Waals surface area contributed by atoms with Crippen LogP contribution in [0.1, 0.15) is 67.2 Å². The summed E-state index contributed by atoms with van der Waals surface area (Å²) in [5, 5.41) is 0. The fraction of sp³-hybridized carbons (Fsp3) is 0.769. The van der Waals surface area contributed by atoms with Crippen LogP contribution in [0.4, 0.5) is 9.59 Å². The second-order valence-corrected chi connectivity index (χ2v) is 11.7. The zero-order chi connectivity index (χ0) is 26.3. The molecule has 0 saturated carbocycles. The van der Waals surface area contributed by atoms with Crippen molar-refractivity contribution in [1.29, 1.82) is 0 Å². The van der Waals surface area contributed by atoms with Crippen molar-refractivity contribution in [2.75, 3.05) is 39.4 Å². The summed E-state index contributed by atoms with van der Waals surface area (Å²) in [7, 11) is 0. The summed E-state index contributed by atoms with van der Waals surface area (Å²) in [4.78, 5) is 36.7. The molecule has 0 radical (unpaired) electrons. The minimum Gasteiger partial charge on any atom is -0.477 e. The van der Waals surface area contributed by atoms with Gasteiger partial charge in [-0.2, -0.15) is 0 Å². The Morgan fingerprint density at radius 2 is 1.22 bits per heavy atom. The molecular formula is C26H42N4O6. The molecule has 10 nitrogen and oxygen atoms in total. The number of ether oxygens (including phenoxy) is 4. The maximum absolute atomic E-state index is 12.4. The lowest BCUT2D eigenvalue weighted by Gasteiger charge is -2.34. The van der Waals surface area contributed by atoms with E-state index in [1.165, 1.54) is 6.33 Å². The van der Waals surface area contributed by atoms with Crippen molar-refractivity contribution in [2.24, 2.45) is 11.8 Å². The van der Waals surface area contributed by atoms with E-state index in [2.05, 4.69) is 9.97 Å². The Morgan fingerprint density at radius 1 is 0.806 bits per heavy atom. The van der Waals surface area contributed by atoms with Crippen molar-refractivity contribution in [2.45, 2.75) is 78.4 Å². The van der Waals surface area contributed by atoms with Crippen LogP contribution in [0.5, 0.6) is 11.8 Å². The van der Waals surface area contributed by atoms with E-state index < -0.39 is 11.2 Å². The van der Waals surface area contributed by atoms with Crippen LogP contribution in [0.15, 0.2) is 12.4 Å². The Morgan fingerprint density at radius 3 is 1.61 bits per heavy atom. The van der Waals surface area contributed by atoms with Gasteiger partial charge in [-0.25, -0.2) is 19.6 Å². The van der Waals surface area contributed by atoms with Gasteiger partial charge in [-0.15, -0.1) is 0 Å². The quantitative estimate of drug-likeness (QED) is 0.554. The average molecular weight is 507 g/mol. The second-order valence-electron chi connectivity index (χ2n) is 11.7. The number of carbonyl (C=O) groups is 2. The highest BCUT2D eigenvalue weighted by Gasteiger charge is 2.29. The van der Waals surface area contributed by atoms with Crippen molar-refractivity contribution in [1.82, 2.24) is 19.8 Å². The van der Waals surface area contributed by atoms with E-state index in [-0.39, 0.29) is 24.0 Å². The van der Waals surface area contributed by atoms with E-state index in [0.29, 0.717) is 51.2 Å². The summed E-state index contributed by atoms with van der Waals surface area (Å²) in [5.41, 5.74) is -1.02. The molecule has 2 atom stereocenters. The van der Waals surface area contributed by atoms with Gasteiger partial charge in [0.05, 0.1) is 19.3 Å². The van der Waals surface area contributed by atoms with E-state index in [1.807, 2.05) is 41.5 Å². The number of likely N-dealkylation sites (tertiary alicyclic amines) is 2. The van der Waals surface area contributed by atoms with Crippen molar-refractivity contribution >= 4 is 12.2 Å². The normalized spacial score (nSPS) is 21.1. The Kier molecular flexibility index (Phi) is 9.24. The van der Waals surface area contributed by atoms with Crippen molar-refractivity contribution in [3.63, 3.8) is 0 Å². The second kappa shape index (κ2) is 12.0. The summed E-state index contributed by atoms with van der Waals surface area (Å²) < 4.78 is 22.8. The van der Waals surface area contributed by atoms with Gasteiger partial charge in [0.2, 0.25) is 11.8 Å². The van der Waals surface area contributed by atoms with Crippen LogP contribution in [0.25, 0.3) is 0 Å². The van der Waals surface area contributed by atoms with E-state index in [0.717, 1.165) is 25.7 Å². The summed E-state index contributed by atoms with van der Waals surface area (Å²) in [6, 6.07) is 1.68. The SMILES string of the molecule is CC(C)(C)OC(=O)N1CCC[C@H](COc2cc(OC[C@H]3CCCN(C(=O)OC(C)(C)C)C3)ncn2)C1. The zero-order valence-corrected chi connectivity index (χ0v) is 22.6. The molecule has 36 heavy (non-hydrogen) atoms. The minimum absolute atomic E-state index is 0.201. The van der Waals surface area contributed by atoms with Gasteiger partial charge >= 0.3 is 12.2 Å². The number of hydrogen-bond acceptors (Lipinski definition) is 8. The summed E-state index contributed by atoms with van der Waals surface area (Å²) in [5.74, 6) is 1.28. The number of nitrogens with zero attached hydrogens (tertiary/aromatic N) is 4. The fourth-order valence-electron chi connectivity index (χ4n) is 4.27. The molecule has 1 aromatic heterocycles. The third kappa shape index (κ3) is 9.35. The molecule has 2 saturated heterocycles. The molecule has 10 heteroatoms. The highest BCUT2D eigenvalue weighted by molar-refractivity contribution is 5.68. The van der Waals surface area contributed by atoms with Crippen LogP contribution in [0.3, 0.4) is 0 Å². The fourth-order valence-corrected chi connectivity index (χ4v) is 4.27. The average Bonchev–Trinajstić information content (AvgIpc) is 2.80. The van der Waals surface area contributed by atoms with E-state index in [9.17, 15) is 9.59 Å². The van der Waals surface area contributed by atoms with Crippen LogP contribution >= 0.6 is 0 Å². The molecule has 1 aromatic rings. The van der Waals surface area contributed by atoms with Gasteiger partial charge in [0.15, 0.2) is 0 Å². The summed E-state index contributed by atoms with van der Waals surface area (Å²) in [6.07, 6.45) is 4.63. The largest absolute Gasteiger partial charge is 0.477 e. The topological polar surface area (TPSA) is 103 Å². The lowest BCUT2D eigenvalue weighted by Crippen LogP contribution is -2.44. The molecule has 3 rings (SSSR count). The predicted octanol–water partition coefficient (Wildman–Crippen LogP) is 4.53. The molecule has 202 valence electrons. The zero-order valence-electron chi connectivity index (χ0n) is 22.6. The third-order valence-corrected chi connectivity index (χ3v) is 5.89. The molecule has 2 aliphatic heterocycles. The van der Waals surface area contributed by atoms with Crippen molar-refractivity contribution in [3.8, 4) is 11.8 Å². The van der Waals surface area contributed by atoms with Gasteiger partial charge in [0.1, 0.15) is 17.5 Å². The number of aromatic nitrogens is 2. The van der Waals surface area contributed by atoms with Crippen LogP contribution in [-0.4, -0.2) is 82.5 Å². The molecule has 0 aromatic carbocycles. The molecule has 0 N–H and O–H groups in total. The van der Waals surface area contributed by atoms with Gasteiger partial charge in [-0.05, 0) is 67.2 Å². The molecule has 3 heterocycles. The van der Waals surface area contributed by atoms with Crippen LogP contribution in [0, 0.1) is 11.8 Å². The lowest BCUT2D eigenvalue weighted by atomic mass is 9.99. The summed E-state index contributed by atoms with van der Waals surface area (Å²) in [6.45, 7) is 14.7. The van der Waals surface area contributed by atoms with Crippen LogP contribution in [0.2, 0.25) is 0 Å². The highest BCUT2D eigenvalue weighted by Crippen LogP contribution is 2.23. The molecule has 0 unspecified atom stereocenters. The van der Waals surface area contributed by atoms with Crippen molar-refractivity contribution < 1.29 is 28.5 Å². The third-order valence-electron chi connectivity index (χ3n) is 5.89. The summed E-state index contributed by atoms with van der Waals surface area (Å²) >= 11 is 0. The first-order chi connectivity index (χ1) is 16.9. The van der Waals surface area contributed by atoms with Gasteiger partial charge in [-0.3, -0.25) is 0 Å².